The standard InChI is InChI=1S/C15H14O4/c16-5-4-15-6-9-7-18-8-11(9)10-2-1-3-12(15)13(10)19-14(15)17/h3,5,7-8,10,13H,1-2,4,6H2/t10-,13?,15-/m1/s1. The van der Waals surface area contributed by atoms with Gasteiger partial charge in [-0.05, 0) is 30.4 Å². The van der Waals surface area contributed by atoms with Crippen LogP contribution in [-0.2, 0) is 20.7 Å². The van der Waals surface area contributed by atoms with Crippen LogP contribution in [0.5, 0.6) is 0 Å². The maximum absolute atomic E-state index is 12.3. The molecule has 0 aromatic carbocycles. The Balaban J connectivity index is 1.97. The molecule has 2 aliphatic carbocycles. The monoisotopic (exact) mass is 258 g/mol. The van der Waals surface area contributed by atoms with E-state index in [-0.39, 0.29) is 24.4 Å². The Morgan fingerprint density at radius 3 is 3.16 bits per heavy atom. The summed E-state index contributed by atoms with van der Waals surface area (Å²) in [7, 11) is 0. The molecule has 1 fully saturated rings. The number of aldehydes is 1. The van der Waals surface area contributed by atoms with Gasteiger partial charge in [-0.3, -0.25) is 4.79 Å². The molecule has 1 aromatic heterocycles. The number of hydrogen-bond acceptors (Lipinski definition) is 4. The van der Waals surface area contributed by atoms with Gasteiger partial charge < -0.3 is 13.9 Å². The lowest BCUT2D eigenvalue weighted by Gasteiger charge is -2.27. The normalized spacial score (nSPS) is 35.2. The molecule has 3 atom stereocenters. The van der Waals surface area contributed by atoms with Gasteiger partial charge in [0.2, 0.25) is 0 Å². The Labute approximate surface area is 110 Å². The van der Waals surface area contributed by atoms with E-state index in [1.165, 1.54) is 0 Å². The van der Waals surface area contributed by atoms with E-state index in [1.807, 2.05) is 0 Å². The summed E-state index contributed by atoms with van der Waals surface area (Å²) in [6.45, 7) is 0. The zero-order valence-corrected chi connectivity index (χ0v) is 10.4. The quantitative estimate of drug-likeness (QED) is 0.463. The topological polar surface area (TPSA) is 56.5 Å². The second-order valence-corrected chi connectivity index (χ2v) is 5.65. The van der Waals surface area contributed by atoms with Crippen LogP contribution in [0.4, 0.5) is 0 Å². The summed E-state index contributed by atoms with van der Waals surface area (Å²) in [6, 6.07) is 0. The van der Waals surface area contributed by atoms with Gasteiger partial charge in [0, 0.05) is 17.9 Å². The molecule has 0 radical (unpaired) electrons. The van der Waals surface area contributed by atoms with Gasteiger partial charge in [-0.1, -0.05) is 6.08 Å². The average Bonchev–Trinajstić information content (AvgIpc) is 2.93. The first-order valence-corrected chi connectivity index (χ1v) is 6.66. The number of fused-ring (bicyclic) bond motifs is 2. The van der Waals surface area contributed by atoms with Crippen LogP contribution in [0, 0.1) is 5.41 Å². The first kappa shape index (κ1) is 11.0. The molecule has 4 bridgehead atoms. The third-order valence-electron chi connectivity index (χ3n) is 4.79. The van der Waals surface area contributed by atoms with Crippen LogP contribution in [0.1, 0.15) is 36.3 Å². The highest BCUT2D eigenvalue weighted by Gasteiger charge is 2.58. The largest absolute Gasteiger partial charge is 0.472 e. The van der Waals surface area contributed by atoms with Gasteiger partial charge in [-0.15, -0.1) is 0 Å². The van der Waals surface area contributed by atoms with Gasteiger partial charge in [0.1, 0.15) is 17.8 Å². The number of carbonyl (C=O) groups is 2. The molecule has 19 heavy (non-hydrogen) atoms. The number of furan rings is 1. The molecule has 1 aliphatic heterocycles. The molecule has 0 saturated carbocycles. The lowest BCUT2D eigenvalue weighted by Crippen LogP contribution is -2.31. The highest BCUT2D eigenvalue weighted by Crippen LogP contribution is 2.55. The predicted molar refractivity (Wildman–Crippen MR) is 65.5 cm³/mol. The summed E-state index contributed by atoms with van der Waals surface area (Å²) < 4.78 is 10.9. The minimum Gasteiger partial charge on any atom is -0.472 e. The molecule has 98 valence electrons. The van der Waals surface area contributed by atoms with Crippen molar-refractivity contribution in [1.82, 2.24) is 0 Å². The highest BCUT2D eigenvalue weighted by molar-refractivity contribution is 5.88. The van der Waals surface area contributed by atoms with Gasteiger partial charge in [-0.2, -0.15) is 0 Å². The third-order valence-corrected chi connectivity index (χ3v) is 4.79. The number of carbonyl (C=O) groups excluding carboxylic acids is 2. The van der Waals surface area contributed by atoms with Crippen LogP contribution >= 0.6 is 0 Å². The lowest BCUT2D eigenvalue weighted by molar-refractivity contribution is -0.150. The summed E-state index contributed by atoms with van der Waals surface area (Å²) >= 11 is 0. The summed E-state index contributed by atoms with van der Waals surface area (Å²) in [4.78, 5) is 23.4. The molecule has 1 aromatic rings. The zero-order chi connectivity index (χ0) is 13.0. The van der Waals surface area contributed by atoms with E-state index in [0.29, 0.717) is 6.42 Å². The second kappa shape index (κ2) is 3.59. The summed E-state index contributed by atoms with van der Waals surface area (Å²) in [6.07, 6.45) is 8.85. The van der Waals surface area contributed by atoms with Crippen LogP contribution < -0.4 is 0 Å². The van der Waals surface area contributed by atoms with Crippen molar-refractivity contribution in [3.8, 4) is 0 Å². The Hall–Kier alpha value is -1.84. The fraction of sp³-hybridized carbons (Fsp3) is 0.467. The predicted octanol–water partition coefficient (Wildman–Crippen LogP) is 2.14. The van der Waals surface area contributed by atoms with Gasteiger partial charge in [0.05, 0.1) is 12.5 Å². The van der Waals surface area contributed by atoms with E-state index < -0.39 is 5.41 Å². The van der Waals surface area contributed by atoms with Crippen molar-refractivity contribution in [2.75, 3.05) is 0 Å². The van der Waals surface area contributed by atoms with Crippen molar-refractivity contribution in [3.05, 3.63) is 35.3 Å². The van der Waals surface area contributed by atoms with Gasteiger partial charge in [-0.25, -0.2) is 0 Å². The fourth-order valence-corrected chi connectivity index (χ4v) is 3.90. The van der Waals surface area contributed by atoms with Crippen molar-refractivity contribution in [3.63, 3.8) is 0 Å². The lowest BCUT2D eigenvalue weighted by atomic mass is 9.72. The van der Waals surface area contributed by atoms with Crippen molar-refractivity contribution in [2.45, 2.75) is 37.7 Å². The molecule has 1 unspecified atom stereocenters. The smallest absolute Gasteiger partial charge is 0.317 e. The van der Waals surface area contributed by atoms with E-state index >= 15 is 0 Å². The van der Waals surface area contributed by atoms with Crippen molar-refractivity contribution in [2.24, 2.45) is 5.41 Å². The number of ether oxygens (including phenoxy) is 1. The zero-order valence-electron chi connectivity index (χ0n) is 10.4. The Morgan fingerprint density at radius 1 is 1.42 bits per heavy atom. The van der Waals surface area contributed by atoms with E-state index in [2.05, 4.69) is 6.08 Å². The SMILES string of the molecule is O=CC[C@@]12Cc3cocc3[C@H]3CCC=C1C3OC2=O. The highest BCUT2D eigenvalue weighted by atomic mass is 16.6. The van der Waals surface area contributed by atoms with E-state index in [0.717, 1.165) is 35.8 Å². The van der Waals surface area contributed by atoms with Crippen molar-refractivity contribution in [1.29, 1.82) is 0 Å². The average molecular weight is 258 g/mol. The van der Waals surface area contributed by atoms with Gasteiger partial charge in [0.15, 0.2) is 0 Å². The Bertz CT molecular complexity index is 597. The van der Waals surface area contributed by atoms with Crippen LogP contribution in [-0.4, -0.2) is 18.4 Å². The van der Waals surface area contributed by atoms with E-state index in [4.69, 9.17) is 9.15 Å². The first-order valence-electron chi connectivity index (χ1n) is 6.66. The molecule has 4 nitrogen and oxygen atoms in total. The molecule has 0 N–H and O–H groups in total. The first-order chi connectivity index (χ1) is 9.26. The van der Waals surface area contributed by atoms with Gasteiger partial charge >= 0.3 is 5.97 Å². The van der Waals surface area contributed by atoms with Crippen LogP contribution in [0.2, 0.25) is 0 Å². The summed E-state index contributed by atoms with van der Waals surface area (Å²) in [5.41, 5.74) is 2.45. The number of rotatable bonds is 2. The third kappa shape index (κ3) is 1.24. The summed E-state index contributed by atoms with van der Waals surface area (Å²) in [5, 5.41) is 0. The van der Waals surface area contributed by atoms with E-state index in [1.54, 1.807) is 12.5 Å². The van der Waals surface area contributed by atoms with E-state index in [9.17, 15) is 9.59 Å². The molecule has 2 heterocycles. The van der Waals surface area contributed by atoms with Crippen molar-refractivity contribution < 1.29 is 18.7 Å². The molecule has 0 amide bonds. The number of allylic oxidation sites excluding steroid dienone is 1. The van der Waals surface area contributed by atoms with Crippen LogP contribution in [0.15, 0.2) is 28.6 Å². The molecule has 0 spiro atoms. The Morgan fingerprint density at radius 2 is 2.32 bits per heavy atom. The second-order valence-electron chi connectivity index (χ2n) is 5.65. The molecule has 3 aliphatic rings. The minimum atomic E-state index is -0.778. The molecule has 4 rings (SSSR count). The number of hydrogen-bond donors (Lipinski definition) is 0. The van der Waals surface area contributed by atoms with Crippen molar-refractivity contribution >= 4 is 12.3 Å². The van der Waals surface area contributed by atoms with Gasteiger partial charge in [0.25, 0.3) is 0 Å². The molecular formula is C15H14O4. The minimum absolute atomic E-state index is 0.189. The molecular weight excluding hydrogens is 244 g/mol. The maximum Gasteiger partial charge on any atom is 0.317 e. The van der Waals surface area contributed by atoms with Crippen LogP contribution in [0.3, 0.4) is 0 Å². The fourth-order valence-electron chi connectivity index (χ4n) is 3.90. The molecule has 4 heteroatoms. The summed E-state index contributed by atoms with van der Waals surface area (Å²) in [5.74, 6) is -0.0525. The van der Waals surface area contributed by atoms with Crippen LogP contribution in [0.25, 0.3) is 0 Å². The maximum atomic E-state index is 12.3. The Kier molecular flexibility index (Phi) is 2.08. The molecule has 1 saturated heterocycles. The number of esters is 1.